The van der Waals surface area contributed by atoms with Crippen molar-refractivity contribution in [3.63, 3.8) is 0 Å². The fraction of sp³-hybridized carbons (Fsp3) is 0.214. The van der Waals surface area contributed by atoms with Crippen LogP contribution in [0.15, 0.2) is 48.3 Å². The van der Waals surface area contributed by atoms with E-state index < -0.39 is 0 Å². The number of hydrogen-bond acceptors (Lipinski definition) is 4. The highest BCUT2D eigenvalue weighted by Crippen LogP contribution is 2.15. The number of aliphatic hydroxyl groups is 1. The molecule has 2 heterocycles. The lowest BCUT2D eigenvalue weighted by Gasteiger charge is -2.19. The number of benzene rings is 1. The Hall–Kier alpha value is -2.07. The highest BCUT2D eigenvalue weighted by atomic mass is 16.3. The van der Waals surface area contributed by atoms with Crippen LogP contribution in [0.4, 0.5) is 0 Å². The van der Waals surface area contributed by atoms with Crippen LogP contribution in [-0.4, -0.2) is 28.3 Å². The molecule has 0 saturated heterocycles. The third kappa shape index (κ3) is 2.02. The molecule has 1 aromatic carbocycles. The summed E-state index contributed by atoms with van der Waals surface area (Å²) in [5, 5.41) is 13.5. The first-order valence-electron chi connectivity index (χ1n) is 6.00. The summed E-state index contributed by atoms with van der Waals surface area (Å²) in [5.74, 6) is 0. The lowest BCUT2D eigenvalue weighted by molar-refractivity contribution is 0.258. The summed E-state index contributed by atoms with van der Waals surface area (Å²) in [7, 11) is 0. The number of nitrogens with zero attached hydrogens (tertiary/aromatic N) is 2. The van der Waals surface area contributed by atoms with Crippen LogP contribution in [-0.2, 0) is 6.54 Å². The maximum absolute atomic E-state index is 9.22. The molecule has 4 nitrogen and oxygen atoms in total. The Kier molecular flexibility index (Phi) is 2.86. The molecule has 0 unspecified atom stereocenters. The van der Waals surface area contributed by atoms with Gasteiger partial charge in [-0.3, -0.25) is 4.98 Å². The first-order valence-corrected chi connectivity index (χ1v) is 6.00. The van der Waals surface area contributed by atoms with Gasteiger partial charge in [-0.25, -0.2) is 0 Å². The predicted octanol–water partition coefficient (Wildman–Crippen LogP) is 1.43. The van der Waals surface area contributed by atoms with Gasteiger partial charge >= 0.3 is 0 Å². The normalized spacial score (nSPS) is 14.7. The molecule has 92 valence electrons. The molecule has 0 saturated carbocycles. The second kappa shape index (κ2) is 4.66. The molecule has 2 aromatic rings. The molecule has 0 radical (unpaired) electrons. The Balaban J connectivity index is 1.85. The molecule has 0 spiro atoms. The minimum absolute atomic E-state index is 0.0561. The Morgan fingerprint density at radius 2 is 2.11 bits per heavy atom. The predicted molar refractivity (Wildman–Crippen MR) is 70.5 cm³/mol. The average molecular weight is 241 g/mol. The zero-order valence-electron chi connectivity index (χ0n) is 10.0. The Morgan fingerprint density at radius 1 is 1.22 bits per heavy atom. The van der Waals surface area contributed by atoms with Crippen LogP contribution in [0.5, 0.6) is 0 Å². The van der Waals surface area contributed by atoms with Gasteiger partial charge in [0.1, 0.15) is 0 Å². The maximum Gasteiger partial charge on any atom is 0.0874 e. The summed E-state index contributed by atoms with van der Waals surface area (Å²) in [6.45, 7) is 1.50. The lowest BCUT2D eigenvalue weighted by atomic mass is 10.2. The largest absolute Gasteiger partial charge is 0.390 e. The van der Waals surface area contributed by atoms with Gasteiger partial charge in [0.2, 0.25) is 0 Å². The van der Waals surface area contributed by atoms with Gasteiger partial charge in [-0.2, -0.15) is 0 Å². The SMILES string of the molecule is OCC1=CNCN1Cc1ccc2ccccc2n1. The van der Waals surface area contributed by atoms with Gasteiger partial charge in [-0.15, -0.1) is 0 Å². The first-order chi connectivity index (χ1) is 8.86. The molecule has 0 amide bonds. The molecule has 18 heavy (non-hydrogen) atoms. The summed E-state index contributed by atoms with van der Waals surface area (Å²) in [6.07, 6.45) is 1.85. The van der Waals surface area contributed by atoms with Crippen LogP contribution in [0.2, 0.25) is 0 Å². The molecule has 2 N–H and O–H groups in total. The number of hydrogen-bond donors (Lipinski definition) is 2. The molecule has 4 heteroatoms. The van der Waals surface area contributed by atoms with E-state index in [1.807, 2.05) is 30.5 Å². The van der Waals surface area contributed by atoms with Gasteiger partial charge in [0.15, 0.2) is 0 Å². The van der Waals surface area contributed by atoms with Crippen molar-refractivity contribution in [1.82, 2.24) is 15.2 Å². The van der Waals surface area contributed by atoms with E-state index in [1.54, 1.807) is 0 Å². The lowest BCUT2D eigenvalue weighted by Crippen LogP contribution is -2.25. The van der Waals surface area contributed by atoms with E-state index in [-0.39, 0.29) is 6.61 Å². The topological polar surface area (TPSA) is 48.4 Å². The van der Waals surface area contributed by atoms with Gasteiger partial charge in [-0.05, 0) is 12.1 Å². The molecule has 1 aliphatic rings. The minimum Gasteiger partial charge on any atom is -0.390 e. The van der Waals surface area contributed by atoms with Crippen molar-refractivity contribution >= 4 is 10.9 Å². The van der Waals surface area contributed by atoms with Crippen LogP contribution in [0, 0.1) is 0 Å². The van der Waals surface area contributed by atoms with Gasteiger partial charge in [-0.1, -0.05) is 24.3 Å². The summed E-state index contributed by atoms with van der Waals surface area (Å²) >= 11 is 0. The van der Waals surface area contributed by atoms with Gasteiger partial charge < -0.3 is 15.3 Å². The highest BCUT2D eigenvalue weighted by molar-refractivity contribution is 5.78. The summed E-state index contributed by atoms with van der Waals surface area (Å²) in [6, 6.07) is 12.2. The second-order valence-corrected chi connectivity index (χ2v) is 4.35. The van der Waals surface area contributed by atoms with Crippen LogP contribution < -0.4 is 5.32 Å². The fourth-order valence-electron chi connectivity index (χ4n) is 2.16. The number of nitrogens with one attached hydrogen (secondary N) is 1. The summed E-state index contributed by atoms with van der Waals surface area (Å²) in [4.78, 5) is 6.71. The zero-order chi connectivity index (χ0) is 12.4. The van der Waals surface area contributed by atoms with E-state index in [1.165, 1.54) is 0 Å². The van der Waals surface area contributed by atoms with E-state index >= 15 is 0 Å². The zero-order valence-corrected chi connectivity index (χ0v) is 10.0. The van der Waals surface area contributed by atoms with Crippen LogP contribution >= 0.6 is 0 Å². The van der Waals surface area contributed by atoms with E-state index in [2.05, 4.69) is 27.3 Å². The molecular weight excluding hydrogens is 226 g/mol. The summed E-state index contributed by atoms with van der Waals surface area (Å²) < 4.78 is 0. The Bertz CT molecular complexity index is 594. The molecule has 1 aromatic heterocycles. The first kappa shape index (κ1) is 11.0. The number of fused-ring (bicyclic) bond motifs is 1. The molecular formula is C14H15N3O. The quantitative estimate of drug-likeness (QED) is 0.853. The monoisotopic (exact) mass is 241 g/mol. The van der Waals surface area contributed by atoms with Gasteiger partial charge in [0, 0.05) is 11.6 Å². The number of rotatable bonds is 3. The molecule has 0 fully saturated rings. The fourth-order valence-corrected chi connectivity index (χ4v) is 2.16. The number of aromatic nitrogens is 1. The van der Waals surface area contributed by atoms with Crippen molar-refractivity contribution in [2.75, 3.05) is 13.3 Å². The van der Waals surface area contributed by atoms with Crippen molar-refractivity contribution in [3.8, 4) is 0 Å². The van der Waals surface area contributed by atoms with Crippen LogP contribution in [0.25, 0.3) is 10.9 Å². The van der Waals surface area contributed by atoms with Crippen LogP contribution in [0.1, 0.15) is 5.69 Å². The molecule has 0 atom stereocenters. The standard InChI is InChI=1S/C14H15N3O/c18-9-13-7-15-10-17(13)8-12-6-5-11-3-1-2-4-14(11)16-12/h1-7,15,18H,8-10H2. The Labute approximate surface area is 106 Å². The molecule has 0 bridgehead atoms. The van der Waals surface area contributed by atoms with Crippen LogP contribution in [0.3, 0.4) is 0 Å². The highest BCUT2D eigenvalue weighted by Gasteiger charge is 2.14. The number of para-hydroxylation sites is 1. The molecule has 0 aliphatic carbocycles. The Morgan fingerprint density at radius 3 is 3.00 bits per heavy atom. The van der Waals surface area contributed by atoms with E-state index in [0.29, 0.717) is 6.54 Å². The van der Waals surface area contributed by atoms with Crippen molar-refractivity contribution < 1.29 is 5.11 Å². The third-order valence-electron chi connectivity index (χ3n) is 3.13. The number of pyridine rings is 1. The average Bonchev–Trinajstić information content (AvgIpc) is 2.86. The summed E-state index contributed by atoms with van der Waals surface area (Å²) in [5.41, 5.74) is 2.93. The van der Waals surface area contributed by atoms with E-state index in [9.17, 15) is 5.11 Å². The minimum atomic E-state index is 0.0561. The van der Waals surface area contributed by atoms with E-state index in [0.717, 1.165) is 29.0 Å². The molecule has 3 rings (SSSR count). The van der Waals surface area contributed by atoms with Crippen molar-refractivity contribution in [3.05, 3.63) is 54.0 Å². The van der Waals surface area contributed by atoms with Gasteiger partial charge in [0.05, 0.1) is 36.7 Å². The van der Waals surface area contributed by atoms with Gasteiger partial charge in [0.25, 0.3) is 0 Å². The van der Waals surface area contributed by atoms with Crippen molar-refractivity contribution in [1.29, 1.82) is 0 Å². The van der Waals surface area contributed by atoms with Crippen molar-refractivity contribution in [2.45, 2.75) is 6.54 Å². The second-order valence-electron chi connectivity index (χ2n) is 4.35. The maximum atomic E-state index is 9.22. The third-order valence-corrected chi connectivity index (χ3v) is 3.13. The smallest absolute Gasteiger partial charge is 0.0874 e. The van der Waals surface area contributed by atoms with E-state index in [4.69, 9.17) is 0 Å². The molecule has 1 aliphatic heterocycles. The van der Waals surface area contributed by atoms with Crippen molar-refractivity contribution in [2.24, 2.45) is 0 Å². The number of aliphatic hydroxyl groups excluding tert-OH is 1.